The summed E-state index contributed by atoms with van der Waals surface area (Å²) in [4.78, 5) is 13.7. The number of piperidine rings is 1. The Morgan fingerprint density at radius 2 is 2.07 bits per heavy atom. The molecule has 3 nitrogen and oxygen atoms in total. The second kappa shape index (κ2) is 6.02. The molecule has 0 unspecified atom stereocenters. The fraction of sp³-hybridized carbons (Fsp3) is 0.909. The molecule has 0 saturated carbocycles. The summed E-state index contributed by atoms with van der Waals surface area (Å²) < 4.78 is 0. The Balaban J connectivity index is 2.23. The minimum absolute atomic E-state index is 0.314. The summed E-state index contributed by atoms with van der Waals surface area (Å²) in [5, 5.41) is 3.01. The van der Waals surface area contributed by atoms with Crippen LogP contribution in [0.1, 0.15) is 32.6 Å². The van der Waals surface area contributed by atoms with E-state index in [4.69, 9.17) is 0 Å². The standard InChI is InChI=1S/C11H22N2O/c1-3-10-5-8-13(9-6-10)11(14)4-7-12-2/h10,12H,3-9H2,1-2H3. The van der Waals surface area contributed by atoms with Crippen LogP contribution in [0.4, 0.5) is 0 Å². The molecule has 0 aliphatic carbocycles. The van der Waals surface area contributed by atoms with E-state index in [0.29, 0.717) is 12.3 Å². The van der Waals surface area contributed by atoms with Gasteiger partial charge in [-0.15, -0.1) is 0 Å². The largest absolute Gasteiger partial charge is 0.343 e. The molecule has 1 rings (SSSR count). The maximum absolute atomic E-state index is 11.6. The van der Waals surface area contributed by atoms with Gasteiger partial charge in [0.1, 0.15) is 0 Å². The van der Waals surface area contributed by atoms with Crippen LogP contribution in [0.2, 0.25) is 0 Å². The van der Waals surface area contributed by atoms with Crippen molar-refractivity contribution >= 4 is 5.91 Å². The van der Waals surface area contributed by atoms with E-state index in [0.717, 1.165) is 25.6 Å². The molecule has 1 saturated heterocycles. The highest BCUT2D eigenvalue weighted by Gasteiger charge is 2.20. The van der Waals surface area contributed by atoms with Crippen molar-refractivity contribution in [1.82, 2.24) is 10.2 Å². The van der Waals surface area contributed by atoms with Crippen LogP contribution in [-0.2, 0) is 4.79 Å². The van der Waals surface area contributed by atoms with Gasteiger partial charge >= 0.3 is 0 Å². The van der Waals surface area contributed by atoms with Crippen molar-refractivity contribution in [3.8, 4) is 0 Å². The Hall–Kier alpha value is -0.570. The summed E-state index contributed by atoms with van der Waals surface area (Å²) in [5.41, 5.74) is 0. The average molecular weight is 198 g/mol. The number of nitrogens with one attached hydrogen (secondary N) is 1. The number of nitrogens with zero attached hydrogens (tertiary/aromatic N) is 1. The van der Waals surface area contributed by atoms with Gasteiger partial charge in [-0.3, -0.25) is 4.79 Å². The van der Waals surface area contributed by atoms with E-state index in [2.05, 4.69) is 12.2 Å². The lowest BCUT2D eigenvalue weighted by atomic mass is 9.94. The highest BCUT2D eigenvalue weighted by Crippen LogP contribution is 2.20. The minimum Gasteiger partial charge on any atom is -0.343 e. The molecule has 1 aliphatic heterocycles. The first-order valence-electron chi connectivity index (χ1n) is 5.70. The molecule has 1 amide bonds. The van der Waals surface area contributed by atoms with Crippen LogP contribution in [0, 0.1) is 5.92 Å². The highest BCUT2D eigenvalue weighted by atomic mass is 16.2. The van der Waals surface area contributed by atoms with Crippen molar-refractivity contribution < 1.29 is 4.79 Å². The predicted molar refractivity (Wildman–Crippen MR) is 58.1 cm³/mol. The molecular weight excluding hydrogens is 176 g/mol. The third-order valence-corrected chi connectivity index (χ3v) is 3.13. The minimum atomic E-state index is 0.314. The molecule has 14 heavy (non-hydrogen) atoms. The number of rotatable bonds is 4. The first-order chi connectivity index (χ1) is 6.77. The Morgan fingerprint density at radius 1 is 1.43 bits per heavy atom. The third kappa shape index (κ3) is 3.29. The molecule has 3 heteroatoms. The molecule has 1 heterocycles. The number of carbonyl (C=O) groups is 1. The molecule has 0 atom stereocenters. The van der Waals surface area contributed by atoms with Crippen LogP contribution in [0.3, 0.4) is 0 Å². The molecule has 1 aliphatic rings. The van der Waals surface area contributed by atoms with Gasteiger partial charge in [-0.1, -0.05) is 13.3 Å². The molecular formula is C11H22N2O. The second-order valence-corrected chi connectivity index (χ2v) is 4.09. The van der Waals surface area contributed by atoms with E-state index in [1.165, 1.54) is 19.3 Å². The number of hydrogen-bond donors (Lipinski definition) is 1. The van der Waals surface area contributed by atoms with Gasteiger partial charge in [-0.05, 0) is 25.8 Å². The van der Waals surface area contributed by atoms with Crippen molar-refractivity contribution in [2.24, 2.45) is 5.92 Å². The molecule has 1 fully saturated rings. The van der Waals surface area contributed by atoms with Gasteiger partial charge in [-0.25, -0.2) is 0 Å². The highest BCUT2D eigenvalue weighted by molar-refractivity contribution is 5.76. The fourth-order valence-corrected chi connectivity index (χ4v) is 1.98. The summed E-state index contributed by atoms with van der Waals surface area (Å²) in [6, 6.07) is 0. The SMILES string of the molecule is CCC1CCN(C(=O)CCNC)CC1. The summed E-state index contributed by atoms with van der Waals surface area (Å²) >= 11 is 0. The quantitative estimate of drug-likeness (QED) is 0.737. The Labute approximate surface area is 86.9 Å². The normalized spacial score (nSPS) is 18.6. The Morgan fingerprint density at radius 3 is 2.57 bits per heavy atom. The topological polar surface area (TPSA) is 32.3 Å². The van der Waals surface area contributed by atoms with Crippen molar-refractivity contribution in [3.05, 3.63) is 0 Å². The molecule has 0 aromatic rings. The van der Waals surface area contributed by atoms with E-state index in [1.54, 1.807) is 0 Å². The average Bonchev–Trinajstić information content (AvgIpc) is 2.26. The van der Waals surface area contributed by atoms with Crippen molar-refractivity contribution in [2.45, 2.75) is 32.6 Å². The monoisotopic (exact) mass is 198 g/mol. The van der Waals surface area contributed by atoms with Gasteiger partial charge in [0.2, 0.25) is 5.91 Å². The molecule has 1 N–H and O–H groups in total. The fourth-order valence-electron chi connectivity index (χ4n) is 1.98. The lowest BCUT2D eigenvalue weighted by Crippen LogP contribution is -2.39. The van der Waals surface area contributed by atoms with Gasteiger partial charge in [0, 0.05) is 26.1 Å². The lowest BCUT2D eigenvalue weighted by Gasteiger charge is -2.31. The third-order valence-electron chi connectivity index (χ3n) is 3.13. The Bertz CT molecular complexity index is 174. The first-order valence-corrected chi connectivity index (χ1v) is 5.70. The number of likely N-dealkylation sites (tertiary alicyclic amines) is 1. The van der Waals surface area contributed by atoms with Gasteiger partial charge in [0.15, 0.2) is 0 Å². The maximum Gasteiger partial charge on any atom is 0.223 e. The zero-order chi connectivity index (χ0) is 10.4. The molecule has 82 valence electrons. The van der Waals surface area contributed by atoms with E-state index in [9.17, 15) is 4.79 Å². The van der Waals surface area contributed by atoms with Crippen LogP contribution >= 0.6 is 0 Å². The summed E-state index contributed by atoms with van der Waals surface area (Å²) in [7, 11) is 1.89. The number of amides is 1. The Kier molecular flexibility index (Phi) is 4.94. The van der Waals surface area contributed by atoms with Crippen molar-refractivity contribution in [1.29, 1.82) is 0 Å². The maximum atomic E-state index is 11.6. The van der Waals surface area contributed by atoms with E-state index in [1.807, 2.05) is 11.9 Å². The lowest BCUT2D eigenvalue weighted by molar-refractivity contribution is -0.132. The van der Waals surface area contributed by atoms with Crippen molar-refractivity contribution in [2.75, 3.05) is 26.7 Å². The van der Waals surface area contributed by atoms with Crippen LogP contribution in [0.25, 0.3) is 0 Å². The predicted octanol–water partition coefficient (Wildman–Crippen LogP) is 1.24. The van der Waals surface area contributed by atoms with Gasteiger partial charge in [0.25, 0.3) is 0 Å². The summed E-state index contributed by atoms with van der Waals surface area (Å²) in [5.74, 6) is 1.16. The second-order valence-electron chi connectivity index (χ2n) is 4.09. The van der Waals surface area contributed by atoms with E-state index >= 15 is 0 Å². The molecule has 0 bridgehead atoms. The van der Waals surface area contributed by atoms with E-state index < -0.39 is 0 Å². The number of carbonyl (C=O) groups excluding carboxylic acids is 1. The summed E-state index contributed by atoms with van der Waals surface area (Å²) in [6.45, 7) is 4.98. The van der Waals surface area contributed by atoms with Crippen LogP contribution in [0.5, 0.6) is 0 Å². The van der Waals surface area contributed by atoms with Gasteiger partial charge in [0.05, 0.1) is 0 Å². The van der Waals surface area contributed by atoms with Crippen LogP contribution in [-0.4, -0.2) is 37.5 Å². The zero-order valence-electron chi connectivity index (χ0n) is 9.38. The van der Waals surface area contributed by atoms with E-state index in [-0.39, 0.29) is 0 Å². The summed E-state index contributed by atoms with van der Waals surface area (Å²) in [6.07, 6.45) is 4.30. The smallest absolute Gasteiger partial charge is 0.223 e. The molecule has 0 aromatic carbocycles. The first kappa shape index (κ1) is 11.5. The van der Waals surface area contributed by atoms with Crippen molar-refractivity contribution in [3.63, 3.8) is 0 Å². The number of hydrogen-bond acceptors (Lipinski definition) is 2. The van der Waals surface area contributed by atoms with Crippen LogP contribution < -0.4 is 5.32 Å². The van der Waals surface area contributed by atoms with Gasteiger partial charge < -0.3 is 10.2 Å². The molecule has 0 radical (unpaired) electrons. The van der Waals surface area contributed by atoms with Gasteiger partial charge in [-0.2, -0.15) is 0 Å². The van der Waals surface area contributed by atoms with Crippen LogP contribution in [0.15, 0.2) is 0 Å². The molecule has 0 spiro atoms. The zero-order valence-corrected chi connectivity index (χ0v) is 9.38. The molecule has 0 aromatic heterocycles.